The molecule has 0 saturated carbocycles. The number of imidazole rings is 1. The van der Waals surface area contributed by atoms with Crippen LogP contribution in [0.4, 0.5) is 4.39 Å². The molecule has 140 valence electrons. The summed E-state index contributed by atoms with van der Waals surface area (Å²) >= 11 is 0. The monoisotopic (exact) mass is 368 g/mol. The number of piperidine rings is 1. The Hall–Kier alpha value is -2.96. The molecule has 1 aliphatic rings. The fraction of sp³-hybridized carbons (Fsp3) is 0.350. The van der Waals surface area contributed by atoms with E-state index in [4.69, 9.17) is 4.74 Å². The molecule has 0 bridgehead atoms. The molecule has 1 atom stereocenters. The largest absolute Gasteiger partial charge is 0.493 e. The van der Waals surface area contributed by atoms with E-state index in [1.54, 1.807) is 28.8 Å². The van der Waals surface area contributed by atoms with Crippen LogP contribution in [0.3, 0.4) is 0 Å². The normalized spacial score (nSPS) is 17.3. The van der Waals surface area contributed by atoms with Gasteiger partial charge in [-0.25, -0.2) is 14.4 Å². The van der Waals surface area contributed by atoms with Crippen molar-refractivity contribution in [1.82, 2.24) is 19.3 Å². The van der Waals surface area contributed by atoms with Crippen molar-refractivity contribution >= 4 is 11.7 Å². The molecule has 2 aromatic heterocycles. The molecule has 0 aliphatic carbocycles. The van der Waals surface area contributed by atoms with Gasteiger partial charge < -0.3 is 9.64 Å². The number of halogens is 1. The number of hydrogen-bond donors (Lipinski definition) is 0. The number of ether oxygens (including phenoxy) is 1. The number of aromatic nitrogens is 3. The van der Waals surface area contributed by atoms with E-state index >= 15 is 0 Å². The van der Waals surface area contributed by atoms with Crippen molar-refractivity contribution in [3.05, 3.63) is 59.9 Å². The Bertz CT molecular complexity index is 954. The van der Waals surface area contributed by atoms with E-state index in [9.17, 15) is 9.18 Å². The Morgan fingerprint density at radius 1 is 1.33 bits per heavy atom. The second-order valence-electron chi connectivity index (χ2n) is 6.86. The van der Waals surface area contributed by atoms with Gasteiger partial charge in [0.1, 0.15) is 17.3 Å². The molecule has 27 heavy (non-hydrogen) atoms. The number of carbonyl (C=O) groups excluding carboxylic acids is 1. The van der Waals surface area contributed by atoms with Crippen molar-refractivity contribution in [3.8, 4) is 5.75 Å². The third-order valence-corrected chi connectivity index (χ3v) is 4.89. The van der Waals surface area contributed by atoms with Gasteiger partial charge in [0.15, 0.2) is 0 Å². The summed E-state index contributed by atoms with van der Waals surface area (Å²) in [5.41, 5.74) is 1.25. The molecule has 1 saturated heterocycles. The summed E-state index contributed by atoms with van der Waals surface area (Å²) in [6.07, 6.45) is 5.41. The first kappa shape index (κ1) is 17.5. The van der Waals surface area contributed by atoms with Crippen LogP contribution in [0.1, 0.15) is 29.0 Å². The predicted molar refractivity (Wildman–Crippen MR) is 98.2 cm³/mol. The number of aryl methyl sites for hydroxylation is 1. The summed E-state index contributed by atoms with van der Waals surface area (Å²) in [6.45, 7) is 3.69. The minimum atomic E-state index is -0.283. The van der Waals surface area contributed by atoms with Crippen molar-refractivity contribution in [2.75, 3.05) is 19.7 Å². The first-order chi connectivity index (χ1) is 13.1. The minimum absolute atomic E-state index is 0.0283. The average Bonchev–Trinajstić information content (AvgIpc) is 3.03. The third kappa shape index (κ3) is 3.63. The van der Waals surface area contributed by atoms with Gasteiger partial charge in [0, 0.05) is 31.4 Å². The summed E-state index contributed by atoms with van der Waals surface area (Å²) in [4.78, 5) is 23.6. The zero-order valence-corrected chi connectivity index (χ0v) is 15.1. The average molecular weight is 368 g/mol. The van der Waals surface area contributed by atoms with E-state index in [1.165, 1.54) is 12.1 Å². The zero-order valence-electron chi connectivity index (χ0n) is 15.1. The standard InChI is InChI=1S/C20H21FN4O2/c1-14-18(25-11-3-9-22-20(25)23-14)19(26)24-10-2-4-15(12-24)13-27-17-7-5-16(21)6-8-17/h3,5-9,11,15H,2,4,10,12-13H2,1H3/t15-/m1/s1. The highest BCUT2D eigenvalue weighted by Crippen LogP contribution is 2.22. The van der Waals surface area contributed by atoms with Gasteiger partial charge in [-0.05, 0) is 50.1 Å². The molecule has 0 spiro atoms. The van der Waals surface area contributed by atoms with Crippen molar-refractivity contribution in [1.29, 1.82) is 0 Å². The van der Waals surface area contributed by atoms with Crippen LogP contribution in [0.2, 0.25) is 0 Å². The summed E-state index contributed by atoms with van der Waals surface area (Å²) in [7, 11) is 0. The van der Waals surface area contributed by atoms with E-state index < -0.39 is 0 Å². The van der Waals surface area contributed by atoms with Crippen molar-refractivity contribution < 1.29 is 13.9 Å². The Labute approximate surface area is 156 Å². The van der Waals surface area contributed by atoms with Gasteiger partial charge in [-0.3, -0.25) is 9.20 Å². The van der Waals surface area contributed by atoms with Gasteiger partial charge >= 0.3 is 0 Å². The summed E-state index contributed by atoms with van der Waals surface area (Å²) < 4.78 is 20.5. The Morgan fingerprint density at radius 2 is 2.15 bits per heavy atom. The van der Waals surface area contributed by atoms with Gasteiger partial charge in [0.05, 0.1) is 12.3 Å². The lowest BCUT2D eigenvalue weighted by Gasteiger charge is -2.32. The van der Waals surface area contributed by atoms with Crippen LogP contribution in [-0.2, 0) is 0 Å². The number of fused-ring (bicyclic) bond motifs is 1. The molecular formula is C20H21FN4O2. The van der Waals surface area contributed by atoms with E-state index in [-0.39, 0.29) is 17.6 Å². The van der Waals surface area contributed by atoms with E-state index in [0.29, 0.717) is 36.1 Å². The molecule has 0 N–H and O–H groups in total. The van der Waals surface area contributed by atoms with Crippen LogP contribution in [0, 0.1) is 18.7 Å². The smallest absolute Gasteiger partial charge is 0.272 e. The van der Waals surface area contributed by atoms with Crippen molar-refractivity contribution in [2.45, 2.75) is 19.8 Å². The maximum absolute atomic E-state index is 13.1. The van der Waals surface area contributed by atoms with Gasteiger partial charge in [-0.2, -0.15) is 0 Å². The summed E-state index contributed by atoms with van der Waals surface area (Å²) in [6, 6.07) is 7.80. The molecule has 0 unspecified atom stereocenters. The van der Waals surface area contributed by atoms with Crippen LogP contribution in [0.5, 0.6) is 5.75 Å². The highest BCUT2D eigenvalue weighted by molar-refractivity contribution is 5.94. The minimum Gasteiger partial charge on any atom is -0.493 e. The highest BCUT2D eigenvalue weighted by Gasteiger charge is 2.28. The number of rotatable bonds is 4. The van der Waals surface area contributed by atoms with Crippen LogP contribution < -0.4 is 4.74 Å². The van der Waals surface area contributed by atoms with Gasteiger partial charge in [-0.15, -0.1) is 0 Å². The number of likely N-dealkylation sites (tertiary alicyclic amines) is 1. The quantitative estimate of drug-likeness (QED) is 0.710. The molecule has 1 aliphatic heterocycles. The zero-order chi connectivity index (χ0) is 18.8. The number of hydrogen-bond acceptors (Lipinski definition) is 4. The maximum atomic E-state index is 13.1. The van der Waals surface area contributed by atoms with Gasteiger partial charge in [0.2, 0.25) is 5.78 Å². The molecule has 3 heterocycles. The van der Waals surface area contributed by atoms with Crippen molar-refractivity contribution in [3.63, 3.8) is 0 Å². The number of amides is 1. The lowest BCUT2D eigenvalue weighted by molar-refractivity contribution is 0.0625. The van der Waals surface area contributed by atoms with Crippen molar-refractivity contribution in [2.24, 2.45) is 5.92 Å². The topological polar surface area (TPSA) is 59.7 Å². The second-order valence-corrected chi connectivity index (χ2v) is 6.86. The molecule has 0 radical (unpaired) electrons. The summed E-state index contributed by atoms with van der Waals surface area (Å²) in [5, 5.41) is 0. The first-order valence-electron chi connectivity index (χ1n) is 9.09. The van der Waals surface area contributed by atoms with Gasteiger partial charge in [-0.1, -0.05) is 0 Å². The molecule has 3 aromatic rings. The number of carbonyl (C=O) groups is 1. The maximum Gasteiger partial charge on any atom is 0.272 e. The molecule has 6 nitrogen and oxygen atoms in total. The lowest BCUT2D eigenvalue weighted by atomic mass is 9.98. The SMILES string of the molecule is Cc1nc2ncccn2c1C(=O)N1CCC[C@@H](COc2ccc(F)cc2)C1. The number of benzene rings is 1. The molecule has 1 amide bonds. The molecular weight excluding hydrogens is 347 g/mol. The van der Waals surface area contributed by atoms with Gasteiger partial charge in [0.25, 0.3) is 5.91 Å². The van der Waals surface area contributed by atoms with E-state index in [1.807, 2.05) is 18.0 Å². The molecule has 7 heteroatoms. The third-order valence-electron chi connectivity index (χ3n) is 4.89. The predicted octanol–water partition coefficient (Wildman–Crippen LogP) is 3.11. The summed E-state index contributed by atoms with van der Waals surface area (Å²) in [5.74, 6) is 1.11. The second kappa shape index (κ2) is 7.34. The Balaban J connectivity index is 1.45. The first-order valence-corrected chi connectivity index (χ1v) is 9.09. The molecule has 1 fully saturated rings. The fourth-order valence-electron chi connectivity index (χ4n) is 3.54. The van der Waals surface area contributed by atoms with Crippen LogP contribution in [0.25, 0.3) is 5.78 Å². The Morgan fingerprint density at radius 3 is 2.96 bits per heavy atom. The van der Waals surface area contributed by atoms with Crippen LogP contribution in [0.15, 0.2) is 42.7 Å². The molecule has 4 rings (SSSR count). The van der Waals surface area contributed by atoms with Crippen LogP contribution in [-0.4, -0.2) is 44.9 Å². The van der Waals surface area contributed by atoms with E-state index in [0.717, 1.165) is 19.4 Å². The van der Waals surface area contributed by atoms with E-state index in [2.05, 4.69) is 9.97 Å². The highest BCUT2D eigenvalue weighted by atomic mass is 19.1. The van der Waals surface area contributed by atoms with Crippen LogP contribution >= 0.6 is 0 Å². The number of nitrogens with zero attached hydrogens (tertiary/aromatic N) is 4. The Kier molecular flexibility index (Phi) is 4.75. The lowest BCUT2D eigenvalue weighted by Crippen LogP contribution is -2.42. The molecule has 1 aromatic carbocycles. The fourth-order valence-corrected chi connectivity index (χ4v) is 3.54.